The molecule has 1 rings (SSSR count). The highest BCUT2D eigenvalue weighted by molar-refractivity contribution is 4.84. The molecule has 80 valence electrons. The van der Waals surface area contributed by atoms with Gasteiger partial charge in [0.1, 0.15) is 0 Å². The standard InChI is InChI=1S/C12H21NO/c1-3-5-6-9-13-10-7-12(8-11-13)14-4-2/h1,12H,4-11H2,2H3. The molecule has 1 aliphatic rings. The minimum Gasteiger partial charge on any atom is -0.378 e. The lowest BCUT2D eigenvalue weighted by Crippen LogP contribution is -2.37. The van der Waals surface area contributed by atoms with E-state index in [0.29, 0.717) is 6.10 Å². The van der Waals surface area contributed by atoms with E-state index in [2.05, 4.69) is 17.7 Å². The first-order valence-electron chi connectivity index (χ1n) is 5.64. The zero-order valence-corrected chi connectivity index (χ0v) is 9.17. The maximum absolute atomic E-state index is 5.60. The van der Waals surface area contributed by atoms with Gasteiger partial charge in [0, 0.05) is 26.1 Å². The minimum absolute atomic E-state index is 0.504. The van der Waals surface area contributed by atoms with E-state index in [-0.39, 0.29) is 0 Å². The van der Waals surface area contributed by atoms with Crippen LogP contribution in [-0.2, 0) is 4.74 Å². The predicted molar refractivity (Wildman–Crippen MR) is 59.2 cm³/mol. The molecule has 1 aliphatic heterocycles. The van der Waals surface area contributed by atoms with Crippen LogP contribution in [0.15, 0.2) is 0 Å². The van der Waals surface area contributed by atoms with E-state index in [1.807, 2.05) is 0 Å². The lowest BCUT2D eigenvalue weighted by molar-refractivity contribution is 0.0142. The van der Waals surface area contributed by atoms with Crippen molar-refractivity contribution in [1.29, 1.82) is 0 Å². The predicted octanol–water partition coefficient (Wildman–Crippen LogP) is 1.90. The van der Waals surface area contributed by atoms with Gasteiger partial charge in [0.25, 0.3) is 0 Å². The molecule has 0 atom stereocenters. The molecular weight excluding hydrogens is 174 g/mol. The Morgan fingerprint density at radius 2 is 2.14 bits per heavy atom. The van der Waals surface area contributed by atoms with E-state index < -0.39 is 0 Å². The molecule has 0 aromatic carbocycles. The van der Waals surface area contributed by atoms with E-state index in [9.17, 15) is 0 Å². The Morgan fingerprint density at radius 1 is 1.43 bits per heavy atom. The number of ether oxygens (including phenoxy) is 1. The van der Waals surface area contributed by atoms with E-state index in [4.69, 9.17) is 11.2 Å². The van der Waals surface area contributed by atoms with Crippen molar-refractivity contribution in [1.82, 2.24) is 4.90 Å². The third kappa shape index (κ3) is 4.13. The fourth-order valence-corrected chi connectivity index (χ4v) is 1.94. The molecule has 0 bridgehead atoms. The number of likely N-dealkylation sites (tertiary alicyclic amines) is 1. The number of rotatable bonds is 5. The monoisotopic (exact) mass is 195 g/mol. The summed E-state index contributed by atoms with van der Waals surface area (Å²) in [6.45, 7) is 6.43. The molecule has 1 heterocycles. The normalized spacial score (nSPS) is 19.4. The van der Waals surface area contributed by atoms with Crippen molar-refractivity contribution < 1.29 is 4.74 Å². The summed E-state index contributed by atoms with van der Waals surface area (Å²) < 4.78 is 5.60. The lowest BCUT2D eigenvalue weighted by Gasteiger charge is -2.31. The summed E-state index contributed by atoms with van der Waals surface area (Å²) in [6, 6.07) is 0. The van der Waals surface area contributed by atoms with E-state index in [0.717, 1.165) is 26.0 Å². The first-order chi connectivity index (χ1) is 6.86. The Hall–Kier alpha value is -0.520. The molecule has 0 unspecified atom stereocenters. The van der Waals surface area contributed by atoms with E-state index in [1.54, 1.807) is 0 Å². The average molecular weight is 195 g/mol. The highest BCUT2D eigenvalue weighted by Crippen LogP contribution is 2.13. The smallest absolute Gasteiger partial charge is 0.0599 e. The third-order valence-corrected chi connectivity index (χ3v) is 2.73. The van der Waals surface area contributed by atoms with Crippen molar-refractivity contribution >= 4 is 0 Å². The van der Waals surface area contributed by atoms with Crippen molar-refractivity contribution in [3.63, 3.8) is 0 Å². The summed E-state index contributed by atoms with van der Waals surface area (Å²) in [5, 5.41) is 0. The SMILES string of the molecule is C#CCCCN1CCC(OCC)CC1. The molecule has 14 heavy (non-hydrogen) atoms. The van der Waals surface area contributed by atoms with E-state index >= 15 is 0 Å². The molecule has 0 radical (unpaired) electrons. The van der Waals surface area contributed by atoms with Gasteiger partial charge in [-0.2, -0.15) is 0 Å². The zero-order chi connectivity index (χ0) is 10.2. The quantitative estimate of drug-likeness (QED) is 0.491. The van der Waals surface area contributed by atoms with Crippen LogP contribution in [0.25, 0.3) is 0 Å². The van der Waals surface area contributed by atoms with Crippen LogP contribution in [0.4, 0.5) is 0 Å². The van der Waals surface area contributed by atoms with Gasteiger partial charge >= 0.3 is 0 Å². The van der Waals surface area contributed by atoms with Gasteiger partial charge in [-0.1, -0.05) is 0 Å². The van der Waals surface area contributed by atoms with Gasteiger partial charge in [-0.25, -0.2) is 0 Å². The number of hydrogen-bond acceptors (Lipinski definition) is 2. The molecule has 0 saturated carbocycles. The summed E-state index contributed by atoms with van der Waals surface area (Å²) in [6.07, 6.45) is 10.1. The molecule has 1 saturated heterocycles. The molecule has 0 spiro atoms. The Labute approximate surface area is 87.6 Å². The number of terminal acetylenes is 1. The first kappa shape index (κ1) is 11.6. The van der Waals surface area contributed by atoms with Gasteiger partial charge in [0.15, 0.2) is 0 Å². The van der Waals surface area contributed by atoms with Crippen LogP contribution in [0.2, 0.25) is 0 Å². The summed E-state index contributed by atoms with van der Waals surface area (Å²) in [5.41, 5.74) is 0. The van der Waals surface area contributed by atoms with E-state index in [1.165, 1.54) is 25.9 Å². The Balaban J connectivity index is 2.07. The highest BCUT2D eigenvalue weighted by atomic mass is 16.5. The molecule has 0 aromatic heterocycles. The molecule has 1 fully saturated rings. The fraction of sp³-hybridized carbons (Fsp3) is 0.833. The molecule has 0 aromatic rings. The van der Waals surface area contributed by atoms with Gasteiger partial charge in [-0.05, 0) is 32.7 Å². The van der Waals surface area contributed by atoms with Crippen LogP contribution >= 0.6 is 0 Å². The Kier molecular flexibility index (Phi) is 5.66. The van der Waals surface area contributed by atoms with Crippen molar-refractivity contribution in [3.8, 4) is 12.3 Å². The summed E-state index contributed by atoms with van der Waals surface area (Å²) in [5.74, 6) is 2.68. The van der Waals surface area contributed by atoms with Crippen molar-refractivity contribution in [2.75, 3.05) is 26.2 Å². The second-order valence-electron chi connectivity index (χ2n) is 3.80. The van der Waals surface area contributed by atoms with Gasteiger partial charge < -0.3 is 9.64 Å². The van der Waals surface area contributed by atoms with Gasteiger partial charge in [-0.15, -0.1) is 12.3 Å². The second-order valence-corrected chi connectivity index (χ2v) is 3.80. The van der Waals surface area contributed by atoms with Crippen LogP contribution < -0.4 is 0 Å². The van der Waals surface area contributed by atoms with Crippen molar-refractivity contribution in [3.05, 3.63) is 0 Å². The maximum Gasteiger partial charge on any atom is 0.0599 e. The van der Waals surface area contributed by atoms with Gasteiger partial charge in [-0.3, -0.25) is 0 Å². The summed E-state index contributed by atoms with van der Waals surface area (Å²) >= 11 is 0. The first-order valence-corrected chi connectivity index (χ1v) is 5.64. The van der Waals surface area contributed by atoms with Crippen molar-refractivity contribution in [2.45, 2.75) is 38.7 Å². The van der Waals surface area contributed by atoms with Crippen LogP contribution in [0.1, 0.15) is 32.6 Å². The van der Waals surface area contributed by atoms with Gasteiger partial charge in [0.2, 0.25) is 0 Å². The van der Waals surface area contributed by atoms with Gasteiger partial charge in [0.05, 0.1) is 6.10 Å². The molecule has 0 amide bonds. The third-order valence-electron chi connectivity index (χ3n) is 2.73. The van der Waals surface area contributed by atoms with Crippen LogP contribution in [-0.4, -0.2) is 37.2 Å². The largest absolute Gasteiger partial charge is 0.378 e. The topological polar surface area (TPSA) is 12.5 Å². The average Bonchev–Trinajstić information content (AvgIpc) is 2.21. The summed E-state index contributed by atoms with van der Waals surface area (Å²) in [7, 11) is 0. The number of nitrogens with zero attached hydrogens (tertiary/aromatic N) is 1. The Bertz CT molecular complexity index is 177. The maximum atomic E-state index is 5.60. The molecule has 0 aliphatic carbocycles. The number of unbranched alkanes of at least 4 members (excludes halogenated alkanes) is 1. The molecule has 0 N–H and O–H groups in total. The minimum atomic E-state index is 0.504. The number of hydrogen-bond donors (Lipinski definition) is 0. The highest BCUT2D eigenvalue weighted by Gasteiger charge is 2.18. The molecular formula is C12H21NO. The number of piperidine rings is 1. The fourth-order valence-electron chi connectivity index (χ4n) is 1.94. The van der Waals surface area contributed by atoms with Crippen LogP contribution in [0.5, 0.6) is 0 Å². The zero-order valence-electron chi connectivity index (χ0n) is 9.17. The van der Waals surface area contributed by atoms with Crippen molar-refractivity contribution in [2.24, 2.45) is 0 Å². The second kappa shape index (κ2) is 6.86. The van der Waals surface area contributed by atoms with Crippen LogP contribution in [0, 0.1) is 12.3 Å². The van der Waals surface area contributed by atoms with Crippen LogP contribution in [0.3, 0.4) is 0 Å². The molecule has 2 heteroatoms. The Morgan fingerprint density at radius 3 is 2.71 bits per heavy atom. The summed E-state index contributed by atoms with van der Waals surface area (Å²) in [4.78, 5) is 2.49. The lowest BCUT2D eigenvalue weighted by atomic mass is 10.1. The molecule has 2 nitrogen and oxygen atoms in total.